The number of fused-ring (bicyclic) bond motifs is 1. The summed E-state index contributed by atoms with van der Waals surface area (Å²) in [7, 11) is 0. The summed E-state index contributed by atoms with van der Waals surface area (Å²) in [5, 5.41) is 18.6. The van der Waals surface area contributed by atoms with Crippen molar-refractivity contribution in [2.24, 2.45) is 17.2 Å². The molecular weight excluding hydrogens is 590 g/mol. The number of nitrogens with one attached hydrogen (secondary N) is 4. The number of aromatic nitrogens is 1. The monoisotopic (exact) mass is 629 g/mol. The van der Waals surface area contributed by atoms with Gasteiger partial charge in [0.25, 0.3) is 0 Å². The smallest absolute Gasteiger partial charge is 0.246 e. The maximum atomic E-state index is 13.9. The molecule has 0 unspecified atom stereocenters. The zero-order valence-corrected chi connectivity index (χ0v) is 25.2. The van der Waals surface area contributed by atoms with Gasteiger partial charge in [0.1, 0.15) is 29.6 Å². The lowest BCUT2D eigenvalue weighted by atomic mass is 10.0. The zero-order chi connectivity index (χ0) is 33.2. The average molecular weight is 630 g/mol. The molecule has 2 aromatic heterocycles. The van der Waals surface area contributed by atoms with Crippen LogP contribution in [0.2, 0.25) is 0 Å². The Hall–Kier alpha value is -5.40. The number of hydrogen-bond donors (Lipinski definition) is 8. The fraction of sp³-hybridized carbons (Fsp3) is 0.273. The van der Waals surface area contributed by atoms with Gasteiger partial charge in [-0.3, -0.25) is 19.2 Å². The molecule has 11 N–H and O–H groups in total. The summed E-state index contributed by atoms with van der Waals surface area (Å²) in [6.07, 6.45) is 3.96. The minimum absolute atomic E-state index is 0.0629. The van der Waals surface area contributed by atoms with Gasteiger partial charge in [-0.15, -0.1) is 0 Å². The molecule has 4 aromatic rings. The van der Waals surface area contributed by atoms with E-state index >= 15 is 0 Å². The number of aromatic hydroxyl groups is 1. The molecule has 13 heteroatoms. The van der Waals surface area contributed by atoms with Crippen molar-refractivity contribution in [3.63, 3.8) is 0 Å². The fourth-order valence-electron chi connectivity index (χ4n) is 5.02. The lowest BCUT2D eigenvalue weighted by Crippen LogP contribution is -2.56. The summed E-state index contributed by atoms with van der Waals surface area (Å²) in [5.74, 6) is -2.37. The van der Waals surface area contributed by atoms with Crippen molar-refractivity contribution in [2.75, 3.05) is 6.54 Å². The van der Waals surface area contributed by atoms with Crippen molar-refractivity contribution in [1.29, 1.82) is 0 Å². The third-order valence-electron chi connectivity index (χ3n) is 7.57. The van der Waals surface area contributed by atoms with E-state index in [1.807, 2.05) is 24.3 Å². The highest BCUT2D eigenvalue weighted by molar-refractivity contribution is 5.96. The first kappa shape index (κ1) is 33.5. The van der Waals surface area contributed by atoms with Crippen LogP contribution in [0.15, 0.2) is 89.7 Å². The number of amides is 4. The number of H-pyrrole nitrogens is 1. The summed E-state index contributed by atoms with van der Waals surface area (Å²) < 4.78 is 5.43. The van der Waals surface area contributed by atoms with Gasteiger partial charge >= 0.3 is 0 Å². The molecule has 0 aliphatic carbocycles. The molecule has 0 aliphatic heterocycles. The first-order valence-electron chi connectivity index (χ1n) is 14.8. The minimum Gasteiger partial charge on any atom is -0.508 e. The fourth-order valence-corrected chi connectivity index (χ4v) is 5.02. The third kappa shape index (κ3) is 8.61. The number of nitrogens with two attached hydrogens (primary N) is 3. The highest BCUT2D eigenvalue weighted by atomic mass is 16.3. The Labute approximate surface area is 265 Å². The number of benzene rings is 2. The van der Waals surface area contributed by atoms with Gasteiger partial charge < -0.3 is 47.7 Å². The topological polar surface area (TPSA) is 232 Å². The van der Waals surface area contributed by atoms with E-state index in [0.717, 1.165) is 22.0 Å². The number of primary amides is 1. The molecule has 0 bridgehead atoms. The van der Waals surface area contributed by atoms with Crippen molar-refractivity contribution >= 4 is 34.5 Å². The lowest BCUT2D eigenvalue weighted by Gasteiger charge is -2.26. The Morgan fingerprint density at radius 1 is 0.891 bits per heavy atom. The maximum absolute atomic E-state index is 13.9. The Balaban J connectivity index is 1.56. The number of aromatic amines is 1. The molecule has 0 radical (unpaired) electrons. The second-order valence-corrected chi connectivity index (χ2v) is 10.9. The first-order chi connectivity index (χ1) is 22.1. The van der Waals surface area contributed by atoms with E-state index in [0.29, 0.717) is 6.42 Å². The van der Waals surface area contributed by atoms with Crippen LogP contribution >= 0.6 is 0 Å². The number of carbonyl (C=O) groups is 4. The highest BCUT2D eigenvalue weighted by Crippen LogP contribution is 2.23. The largest absolute Gasteiger partial charge is 0.508 e. The van der Waals surface area contributed by atoms with Crippen molar-refractivity contribution in [3.05, 3.63) is 102 Å². The van der Waals surface area contributed by atoms with Gasteiger partial charge in [-0.1, -0.05) is 36.9 Å². The lowest BCUT2D eigenvalue weighted by molar-refractivity contribution is -0.132. The summed E-state index contributed by atoms with van der Waals surface area (Å²) in [4.78, 5) is 55.9. The predicted molar refractivity (Wildman–Crippen MR) is 172 cm³/mol. The van der Waals surface area contributed by atoms with Gasteiger partial charge in [0, 0.05) is 29.1 Å². The van der Waals surface area contributed by atoms with Crippen LogP contribution in [-0.4, -0.2) is 58.4 Å². The van der Waals surface area contributed by atoms with Gasteiger partial charge in [0.2, 0.25) is 23.6 Å². The Kier molecular flexibility index (Phi) is 11.3. The van der Waals surface area contributed by atoms with Crippen molar-refractivity contribution in [1.82, 2.24) is 20.9 Å². The van der Waals surface area contributed by atoms with Crippen LogP contribution in [0.4, 0.5) is 0 Å². The Morgan fingerprint density at radius 2 is 1.59 bits per heavy atom. The van der Waals surface area contributed by atoms with E-state index in [2.05, 4.69) is 27.5 Å². The molecule has 2 aromatic carbocycles. The number of rotatable bonds is 16. The van der Waals surface area contributed by atoms with E-state index in [4.69, 9.17) is 21.6 Å². The standard InChI is InChI=1S/C33H39N7O6/c1-19(30(36)42)29(28-9-5-15-46-28)40-33(45)27(17-21-18-37-25-7-3-2-6-23(21)25)39-32(44)26(8-4-14-34)38-31(43)24(35)16-20-10-12-22(41)13-11-20/h2-3,5-7,9-13,15,18,24,26-27,29,37,41H,1,4,8,14,16-17,34-35H2,(H2,36,42)(H,38,43)(H,39,44)(H,40,45)/t24-,26+,27-,29+/m0/s1. The van der Waals surface area contributed by atoms with Crippen LogP contribution in [0.25, 0.3) is 10.9 Å². The van der Waals surface area contributed by atoms with Crippen LogP contribution in [-0.2, 0) is 32.0 Å². The molecular formula is C33H39N7O6. The number of phenolic OH excluding ortho intramolecular Hbond substituents is 1. The van der Waals surface area contributed by atoms with Crippen LogP contribution in [0.1, 0.15) is 35.8 Å². The second kappa shape index (κ2) is 15.5. The minimum atomic E-state index is -1.16. The number of carbonyl (C=O) groups excluding carboxylic acids is 4. The maximum Gasteiger partial charge on any atom is 0.246 e. The number of furan rings is 1. The summed E-state index contributed by atoms with van der Waals surface area (Å²) >= 11 is 0. The van der Waals surface area contributed by atoms with Crippen LogP contribution < -0.4 is 33.2 Å². The molecule has 4 atom stereocenters. The van der Waals surface area contributed by atoms with E-state index < -0.39 is 47.8 Å². The molecule has 0 spiro atoms. The van der Waals surface area contributed by atoms with Gasteiger partial charge in [0.15, 0.2) is 0 Å². The van der Waals surface area contributed by atoms with Crippen molar-refractivity contribution < 1.29 is 28.7 Å². The molecule has 46 heavy (non-hydrogen) atoms. The molecule has 0 fully saturated rings. The SMILES string of the molecule is C=C(C(N)=O)[C@@H](NC(=O)[C@H](Cc1c[nH]c2ccccc12)NC(=O)[C@@H](CCCN)NC(=O)[C@@H](N)Cc1ccc(O)cc1)c1ccco1. The summed E-state index contributed by atoms with van der Waals surface area (Å²) in [6, 6.07) is 12.6. The van der Waals surface area contributed by atoms with E-state index in [1.165, 1.54) is 18.4 Å². The number of hydrogen-bond acceptors (Lipinski definition) is 8. The predicted octanol–water partition coefficient (Wildman–Crippen LogP) is 1.19. The van der Waals surface area contributed by atoms with Crippen LogP contribution in [0.5, 0.6) is 5.75 Å². The number of phenols is 1. The van der Waals surface area contributed by atoms with Crippen molar-refractivity contribution in [3.8, 4) is 5.75 Å². The molecule has 242 valence electrons. The summed E-state index contributed by atoms with van der Waals surface area (Å²) in [5.41, 5.74) is 19.6. The highest BCUT2D eigenvalue weighted by Gasteiger charge is 2.32. The zero-order valence-electron chi connectivity index (χ0n) is 25.2. The normalized spacial score (nSPS) is 13.7. The average Bonchev–Trinajstić information content (AvgIpc) is 3.72. The molecule has 0 saturated carbocycles. The van der Waals surface area contributed by atoms with Gasteiger partial charge in [-0.05, 0) is 67.3 Å². The molecule has 0 saturated heterocycles. The van der Waals surface area contributed by atoms with E-state index in [9.17, 15) is 24.3 Å². The molecule has 4 amide bonds. The Morgan fingerprint density at radius 3 is 2.26 bits per heavy atom. The Bertz CT molecular complexity index is 1670. The third-order valence-corrected chi connectivity index (χ3v) is 7.57. The molecule has 2 heterocycles. The van der Waals surface area contributed by atoms with Crippen LogP contribution in [0, 0.1) is 0 Å². The van der Waals surface area contributed by atoms with E-state index in [-0.39, 0.29) is 42.9 Å². The van der Waals surface area contributed by atoms with Gasteiger partial charge in [-0.25, -0.2) is 0 Å². The van der Waals surface area contributed by atoms with Gasteiger partial charge in [0.05, 0.1) is 12.3 Å². The van der Waals surface area contributed by atoms with E-state index in [1.54, 1.807) is 30.5 Å². The number of para-hydroxylation sites is 1. The second-order valence-electron chi connectivity index (χ2n) is 10.9. The quantitative estimate of drug-likeness (QED) is 0.0837. The first-order valence-corrected chi connectivity index (χ1v) is 14.8. The molecule has 0 aliphatic rings. The molecule has 4 rings (SSSR count). The van der Waals surface area contributed by atoms with Crippen LogP contribution in [0.3, 0.4) is 0 Å². The molecule has 13 nitrogen and oxygen atoms in total. The summed E-state index contributed by atoms with van der Waals surface area (Å²) in [6.45, 7) is 3.98. The van der Waals surface area contributed by atoms with Crippen molar-refractivity contribution in [2.45, 2.75) is 49.9 Å². The van der Waals surface area contributed by atoms with Gasteiger partial charge in [-0.2, -0.15) is 0 Å².